The van der Waals surface area contributed by atoms with Crippen molar-refractivity contribution in [3.8, 4) is 0 Å². The highest BCUT2D eigenvalue weighted by Crippen LogP contribution is 2.16. The summed E-state index contributed by atoms with van der Waals surface area (Å²) in [7, 11) is 0. The highest BCUT2D eigenvalue weighted by molar-refractivity contribution is 5.79. The van der Waals surface area contributed by atoms with Crippen molar-refractivity contribution < 1.29 is 19.8 Å². The lowest BCUT2D eigenvalue weighted by molar-refractivity contribution is -0.132. The second kappa shape index (κ2) is 11.5. The van der Waals surface area contributed by atoms with Crippen LogP contribution in [0.1, 0.15) is 34.1 Å². The molecule has 0 aliphatic heterocycles. The molecule has 0 aliphatic carbocycles. The fourth-order valence-corrected chi connectivity index (χ4v) is 0. The fraction of sp³-hybridized carbons (Fsp3) is 0.500. The molecule has 4 heteroatoms. The zero-order chi connectivity index (χ0) is 13.8. The summed E-state index contributed by atoms with van der Waals surface area (Å²) >= 11 is 0. The fourth-order valence-electron chi connectivity index (χ4n) is 0. The third kappa shape index (κ3) is 55.1. The van der Waals surface area contributed by atoms with Gasteiger partial charge in [0.2, 0.25) is 0 Å². The Morgan fingerprint density at radius 3 is 1.19 bits per heavy atom. The van der Waals surface area contributed by atoms with Crippen LogP contribution >= 0.6 is 0 Å². The number of carboxylic acids is 2. The molecular formula is C12H22O4. The summed E-state index contributed by atoms with van der Waals surface area (Å²) in [6, 6.07) is 0. The number of carboxylic acid groups (broad SMARTS) is 2. The standard InChI is InChI=1S/C6H14.2C3H4O2/c1-5-6(2,3)4;2*1-2-3(4)5/h5H2,1-4H3;2*2H,1H2,(H,4,5). The summed E-state index contributed by atoms with van der Waals surface area (Å²) in [4.78, 5) is 18.5. The Bertz CT molecular complexity index is 206. The van der Waals surface area contributed by atoms with E-state index in [9.17, 15) is 9.59 Å². The van der Waals surface area contributed by atoms with Gasteiger partial charge in [0.25, 0.3) is 0 Å². The van der Waals surface area contributed by atoms with Gasteiger partial charge in [-0.1, -0.05) is 47.3 Å². The van der Waals surface area contributed by atoms with Crippen LogP contribution in [0.15, 0.2) is 25.3 Å². The largest absolute Gasteiger partial charge is 0.478 e. The molecule has 0 aromatic rings. The van der Waals surface area contributed by atoms with E-state index in [1.165, 1.54) is 6.42 Å². The van der Waals surface area contributed by atoms with Gasteiger partial charge in [0.05, 0.1) is 0 Å². The van der Waals surface area contributed by atoms with Crippen LogP contribution in [0.5, 0.6) is 0 Å². The average Bonchev–Trinajstić information content (AvgIpc) is 2.18. The van der Waals surface area contributed by atoms with Gasteiger partial charge >= 0.3 is 11.9 Å². The van der Waals surface area contributed by atoms with Gasteiger partial charge in [-0.15, -0.1) is 0 Å². The molecule has 16 heavy (non-hydrogen) atoms. The van der Waals surface area contributed by atoms with Crippen LogP contribution in [-0.4, -0.2) is 22.2 Å². The topological polar surface area (TPSA) is 74.6 Å². The molecule has 2 N–H and O–H groups in total. The molecule has 0 radical (unpaired) electrons. The molecule has 0 rings (SSSR count). The molecule has 0 bridgehead atoms. The monoisotopic (exact) mass is 230 g/mol. The van der Waals surface area contributed by atoms with Gasteiger partial charge in [0.1, 0.15) is 0 Å². The first-order valence-corrected chi connectivity index (χ1v) is 4.81. The second-order valence-corrected chi connectivity index (χ2v) is 4.00. The van der Waals surface area contributed by atoms with Gasteiger partial charge < -0.3 is 10.2 Å². The minimum absolute atomic E-state index is 0.542. The molecule has 4 nitrogen and oxygen atoms in total. The number of rotatable bonds is 2. The Kier molecular flexibility index (Phi) is 14.3. The van der Waals surface area contributed by atoms with Crippen molar-refractivity contribution >= 4 is 11.9 Å². The molecule has 0 spiro atoms. The quantitative estimate of drug-likeness (QED) is 0.715. The van der Waals surface area contributed by atoms with Crippen molar-refractivity contribution in [2.45, 2.75) is 34.1 Å². The van der Waals surface area contributed by atoms with E-state index < -0.39 is 11.9 Å². The van der Waals surface area contributed by atoms with Crippen molar-refractivity contribution in [2.75, 3.05) is 0 Å². The number of hydrogen-bond donors (Lipinski definition) is 2. The van der Waals surface area contributed by atoms with Crippen LogP contribution in [0.2, 0.25) is 0 Å². The highest BCUT2D eigenvalue weighted by Gasteiger charge is 2.03. The van der Waals surface area contributed by atoms with E-state index in [4.69, 9.17) is 10.2 Å². The van der Waals surface area contributed by atoms with Crippen molar-refractivity contribution in [1.82, 2.24) is 0 Å². The Morgan fingerprint density at radius 1 is 1.06 bits per heavy atom. The second-order valence-electron chi connectivity index (χ2n) is 4.00. The van der Waals surface area contributed by atoms with Crippen LogP contribution in [0.25, 0.3) is 0 Å². The third-order valence-electron chi connectivity index (χ3n) is 1.41. The van der Waals surface area contributed by atoms with E-state index in [0.29, 0.717) is 5.41 Å². The summed E-state index contributed by atoms with van der Waals surface area (Å²) in [5, 5.41) is 15.2. The van der Waals surface area contributed by atoms with E-state index in [-0.39, 0.29) is 0 Å². The van der Waals surface area contributed by atoms with E-state index >= 15 is 0 Å². The van der Waals surface area contributed by atoms with E-state index in [2.05, 4.69) is 40.9 Å². The van der Waals surface area contributed by atoms with Crippen LogP contribution < -0.4 is 0 Å². The zero-order valence-corrected chi connectivity index (χ0v) is 10.5. The van der Waals surface area contributed by atoms with Crippen molar-refractivity contribution in [3.05, 3.63) is 25.3 Å². The summed E-state index contributed by atoms with van der Waals surface area (Å²) in [5.41, 5.74) is 0.542. The Labute approximate surface area is 97.3 Å². The van der Waals surface area contributed by atoms with Crippen LogP contribution in [-0.2, 0) is 9.59 Å². The molecule has 0 unspecified atom stereocenters. The van der Waals surface area contributed by atoms with Crippen molar-refractivity contribution in [1.29, 1.82) is 0 Å². The molecule has 0 amide bonds. The summed E-state index contributed by atoms with van der Waals surface area (Å²) in [6.07, 6.45) is 2.94. The van der Waals surface area contributed by atoms with E-state index in [0.717, 1.165) is 12.2 Å². The molecule has 0 aromatic heterocycles. The normalized spacial score (nSPS) is 8.50. The third-order valence-corrected chi connectivity index (χ3v) is 1.41. The molecule has 0 saturated carbocycles. The zero-order valence-electron chi connectivity index (χ0n) is 10.5. The minimum atomic E-state index is -0.981. The Morgan fingerprint density at radius 2 is 1.19 bits per heavy atom. The van der Waals surface area contributed by atoms with Crippen LogP contribution in [0, 0.1) is 5.41 Å². The van der Waals surface area contributed by atoms with Gasteiger partial charge in [-0.05, 0) is 5.41 Å². The highest BCUT2D eigenvalue weighted by atomic mass is 16.4. The van der Waals surface area contributed by atoms with Gasteiger partial charge in [0, 0.05) is 12.2 Å². The molecule has 0 atom stereocenters. The number of carbonyl (C=O) groups is 2. The SMILES string of the molecule is C=CC(=O)O.C=CC(=O)O.CCC(C)(C)C. The van der Waals surface area contributed by atoms with Gasteiger partial charge in [-0.3, -0.25) is 0 Å². The lowest BCUT2D eigenvalue weighted by Crippen LogP contribution is -2.00. The summed E-state index contributed by atoms with van der Waals surface area (Å²) < 4.78 is 0. The molecule has 0 aliphatic rings. The predicted molar refractivity (Wildman–Crippen MR) is 65.4 cm³/mol. The van der Waals surface area contributed by atoms with Crippen LogP contribution in [0.4, 0.5) is 0 Å². The lowest BCUT2D eigenvalue weighted by atomic mass is 9.94. The number of aliphatic carboxylic acids is 2. The molecule has 0 fully saturated rings. The predicted octanol–water partition coefficient (Wildman–Crippen LogP) is 2.96. The molecular weight excluding hydrogens is 208 g/mol. The minimum Gasteiger partial charge on any atom is -0.478 e. The van der Waals surface area contributed by atoms with Gasteiger partial charge in [-0.25, -0.2) is 9.59 Å². The lowest BCUT2D eigenvalue weighted by Gasteiger charge is -2.12. The van der Waals surface area contributed by atoms with Crippen LogP contribution in [0.3, 0.4) is 0 Å². The maximum Gasteiger partial charge on any atom is 0.327 e. The maximum absolute atomic E-state index is 9.25. The molecule has 0 aromatic carbocycles. The molecule has 0 saturated heterocycles. The number of hydrogen-bond acceptors (Lipinski definition) is 2. The summed E-state index contributed by atoms with van der Waals surface area (Å²) in [5.74, 6) is -1.96. The average molecular weight is 230 g/mol. The first-order chi connectivity index (χ1) is 7.10. The Hall–Kier alpha value is -1.58. The molecule has 0 heterocycles. The molecule has 94 valence electrons. The van der Waals surface area contributed by atoms with E-state index in [1.54, 1.807) is 0 Å². The summed E-state index contributed by atoms with van der Waals surface area (Å²) in [6.45, 7) is 14.9. The van der Waals surface area contributed by atoms with Crippen molar-refractivity contribution in [2.24, 2.45) is 5.41 Å². The van der Waals surface area contributed by atoms with Gasteiger partial charge in [-0.2, -0.15) is 0 Å². The smallest absolute Gasteiger partial charge is 0.327 e. The van der Waals surface area contributed by atoms with Gasteiger partial charge in [0.15, 0.2) is 0 Å². The first-order valence-electron chi connectivity index (χ1n) is 4.81. The maximum atomic E-state index is 9.25. The Balaban J connectivity index is -0.000000160. The van der Waals surface area contributed by atoms with E-state index in [1.807, 2.05) is 0 Å². The van der Waals surface area contributed by atoms with Crippen molar-refractivity contribution in [3.63, 3.8) is 0 Å². The first kappa shape index (κ1) is 19.9.